The standard InChI is InChI=1S/C15H19ClFNO2/c1-20-15(19)10-18(13-4-2-3-5-13)9-11-6-7-12(17)8-14(11)16/h6-8,13H,2-5,9-10H2,1H3. The Kier molecular flexibility index (Phi) is 5.38. The van der Waals surface area contributed by atoms with Crippen molar-refractivity contribution in [1.82, 2.24) is 4.90 Å². The van der Waals surface area contributed by atoms with Crippen molar-refractivity contribution in [3.05, 3.63) is 34.6 Å². The normalized spacial score (nSPS) is 15.8. The van der Waals surface area contributed by atoms with Gasteiger partial charge in [-0.15, -0.1) is 0 Å². The summed E-state index contributed by atoms with van der Waals surface area (Å²) in [7, 11) is 1.39. The Balaban J connectivity index is 2.11. The van der Waals surface area contributed by atoms with E-state index in [2.05, 4.69) is 4.90 Å². The summed E-state index contributed by atoms with van der Waals surface area (Å²) < 4.78 is 17.8. The number of ether oxygens (including phenoxy) is 1. The molecule has 2 rings (SSSR count). The Morgan fingerprint density at radius 2 is 2.15 bits per heavy atom. The van der Waals surface area contributed by atoms with Crippen LogP contribution in [0, 0.1) is 5.82 Å². The highest BCUT2D eigenvalue weighted by molar-refractivity contribution is 6.31. The number of carbonyl (C=O) groups is 1. The molecule has 0 aliphatic heterocycles. The van der Waals surface area contributed by atoms with Crippen molar-refractivity contribution in [3.8, 4) is 0 Å². The number of esters is 1. The molecule has 0 bridgehead atoms. The number of benzene rings is 1. The topological polar surface area (TPSA) is 29.5 Å². The molecule has 5 heteroatoms. The van der Waals surface area contributed by atoms with E-state index in [4.69, 9.17) is 16.3 Å². The van der Waals surface area contributed by atoms with Gasteiger partial charge >= 0.3 is 5.97 Å². The predicted octanol–water partition coefficient (Wildman–Crippen LogP) is 3.40. The lowest BCUT2D eigenvalue weighted by atomic mass is 10.1. The zero-order valence-corrected chi connectivity index (χ0v) is 12.3. The maximum Gasteiger partial charge on any atom is 0.319 e. The fourth-order valence-corrected chi connectivity index (χ4v) is 2.91. The molecular formula is C15H19ClFNO2. The number of hydrogen-bond donors (Lipinski definition) is 0. The van der Waals surface area contributed by atoms with Gasteiger partial charge < -0.3 is 4.74 Å². The maximum absolute atomic E-state index is 13.1. The molecule has 0 heterocycles. The molecule has 1 fully saturated rings. The molecular weight excluding hydrogens is 281 g/mol. The minimum Gasteiger partial charge on any atom is -0.468 e. The minimum absolute atomic E-state index is 0.245. The molecule has 1 aromatic rings. The van der Waals surface area contributed by atoms with Crippen LogP contribution in [0.4, 0.5) is 4.39 Å². The molecule has 20 heavy (non-hydrogen) atoms. The van der Waals surface area contributed by atoms with Crippen LogP contribution < -0.4 is 0 Å². The summed E-state index contributed by atoms with van der Waals surface area (Å²) >= 11 is 6.07. The van der Waals surface area contributed by atoms with Crippen LogP contribution in [-0.4, -0.2) is 30.6 Å². The Labute approximate surface area is 123 Å². The van der Waals surface area contributed by atoms with Crippen LogP contribution in [0.3, 0.4) is 0 Å². The van der Waals surface area contributed by atoms with Gasteiger partial charge in [-0.3, -0.25) is 9.69 Å². The zero-order valence-electron chi connectivity index (χ0n) is 11.6. The molecule has 0 N–H and O–H groups in total. The maximum atomic E-state index is 13.1. The molecule has 3 nitrogen and oxygen atoms in total. The number of rotatable bonds is 5. The van der Waals surface area contributed by atoms with E-state index in [0.717, 1.165) is 18.4 Å². The van der Waals surface area contributed by atoms with Crippen LogP contribution in [-0.2, 0) is 16.1 Å². The quantitative estimate of drug-likeness (QED) is 0.781. The Morgan fingerprint density at radius 3 is 2.75 bits per heavy atom. The number of carbonyl (C=O) groups excluding carboxylic acids is 1. The lowest BCUT2D eigenvalue weighted by Gasteiger charge is -2.28. The first kappa shape index (κ1) is 15.3. The summed E-state index contributed by atoms with van der Waals surface area (Å²) in [6.07, 6.45) is 4.52. The van der Waals surface area contributed by atoms with E-state index in [9.17, 15) is 9.18 Å². The number of hydrogen-bond acceptors (Lipinski definition) is 3. The first-order valence-electron chi connectivity index (χ1n) is 6.85. The van der Waals surface area contributed by atoms with Crippen LogP contribution in [0.1, 0.15) is 31.2 Å². The second kappa shape index (κ2) is 7.04. The van der Waals surface area contributed by atoms with Crippen LogP contribution in [0.2, 0.25) is 5.02 Å². The van der Waals surface area contributed by atoms with E-state index in [1.54, 1.807) is 6.07 Å². The van der Waals surface area contributed by atoms with Crippen molar-refractivity contribution in [1.29, 1.82) is 0 Å². The number of nitrogens with zero attached hydrogens (tertiary/aromatic N) is 1. The van der Waals surface area contributed by atoms with Crippen molar-refractivity contribution in [2.75, 3.05) is 13.7 Å². The zero-order chi connectivity index (χ0) is 14.5. The fourth-order valence-electron chi connectivity index (χ4n) is 2.68. The molecule has 0 radical (unpaired) electrons. The molecule has 110 valence electrons. The Morgan fingerprint density at radius 1 is 1.45 bits per heavy atom. The van der Waals surface area contributed by atoms with Gasteiger partial charge in [0.1, 0.15) is 5.82 Å². The highest BCUT2D eigenvalue weighted by Crippen LogP contribution is 2.27. The first-order valence-corrected chi connectivity index (χ1v) is 7.22. The van der Waals surface area contributed by atoms with Crippen LogP contribution >= 0.6 is 11.6 Å². The SMILES string of the molecule is COC(=O)CN(Cc1ccc(F)cc1Cl)C1CCCC1. The Bertz CT molecular complexity index is 475. The summed E-state index contributed by atoms with van der Waals surface area (Å²) in [5.74, 6) is -0.603. The fraction of sp³-hybridized carbons (Fsp3) is 0.533. The number of halogens is 2. The second-order valence-electron chi connectivity index (χ2n) is 5.16. The van der Waals surface area contributed by atoms with Crippen LogP contribution in [0.15, 0.2) is 18.2 Å². The lowest BCUT2D eigenvalue weighted by Crippen LogP contribution is -2.37. The van der Waals surface area contributed by atoms with Crippen molar-refractivity contribution in [2.24, 2.45) is 0 Å². The third-order valence-corrected chi connectivity index (χ3v) is 4.14. The molecule has 0 spiro atoms. The van der Waals surface area contributed by atoms with Crippen molar-refractivity contribution >= 4 is 17.6 Å². The lowest BCUT2D eigenvalue weighted by molar-refractivity contribution is -0.142. The first-order chi connectivity index (χ1) is 9.60. The third kappa shape index (κ3) is 3.93. The van der Waals surface area contributed by atoms with Crippen LogP contribution in [0.25, 0.3) is 0 Å². The van der Waals surface area contributed by atoms with Gasteiger partial charge in [-0.1, -0.05) is 30.5 Å². The average Bonchev–Trinajstić information content (AvgIpc) is 2.94. The van der Waals surface area contributed by atoms with Gasteiger partial charge in [0.25, 0.3) is 0 Å². The summed E-state index contributed by atoms with van der Waals surface area (Å²) in [4.78, 5) is 13.6. The summed E-state index contributed by atoms with van der Waals surface area (Å²) in [5.41, 5.74) is 0.837. The Hall–Kier alpha value is -1.13. The highest BCUT2D eigenvalue weighted by atomic mass is 35.5. The van der Waals surface area contributed by atoms with Crippen molar-refractivity contribution in [3.63, 3.8) is 0 Å². The molecule has 0 aromatic heterocycles. The molecule has 0 atom stereocenters. The van der Waals surface area contributed by atoms with Gasteiger partial charge in [-0.25, -0.2) is 4.39 Å². The predicted molar refractivity (Wildman–Crippen MR) is 76.1 cm³/mol. The molecule has 1 aliphatic rings. The molecule has 0 unspecified atom stereocenters. The van der Waals surface area contributed by atoms with Crippen molar-refractivity contribution in [2.45, 2.75) is 38.3 Å². The summed E-state index contributed by atoms with van der Waals surface area (Å²) in [6.45, 7) is 0.785. The van der Waals surface area contributed by atoms with E-state index in [1.807, 2.05) is 0 Å². The van der Waals surface area contributed by atoms with Crippen LogP contribution in [0.5, 0.6) is 0 Å². The van der Waals surface area contributed by atoms with Gasteiger partial charge in [0.2, 0.25) is 0 Å². The van der Waals surface area contributed by atoms with E-state index in [1.165, 1.54) is 32.1 Å². The van der Waals surface area contributed by atoms with E-state index in [-0.39, 0.29) is 18.3 Å². The second-order valence-corrected chi connectivity index (χ2v) is 5.56. The highest BCUT2D eigenvalue weighted by Gasteiger charge is 2.25. The van der Waals surface area contributed by atoms with Gasteiger partial charge in [-0.2, -0.15) is 0 Å². The molecule has 1 aromatic carbocycles. The van der Waals surface area contributed by atoms with Gasteiger partial charge in [0.15, 0.2) is 0 Å². The minimum atomic E-state index is -0.348. The smallest absolute Gasteiger partial charge is 0.319 e. The molecule has 0 amide bonds. The van der Waals surface area contributed by atoms with E-state index >= 15 is 0 Å². The van der Waals surface area contributed by atoms with E-state index < -0.39 is 0 Å². The summed E-state index contributed by atoms with van der Waals surface area (Å²) in [6, 6.07) is 4.75. The van der Waals surface area contributed by atoms with E-state index in [0.29, 0.717) is 17.6 Å². The molecule has 1 saturated carbocycles. The largest absolute Gasteiger partial charge is 0.468 e. The van der Waals surface area contributed by atoms with Gasteiger partial charge in [0, 0.05) is 17.6 Å². The molecule has 0 saturated heterocycles. The van der Waals surface area contributed by atoms with Gasteiger partial charge in [0.05, 0.1) is 13.7 Å². The summed E-state index contributed by atoms with van der Waals surface area (Å²) in [5, 5.41) is 0.401. The average molecular weight is 300 g/mol. The number of methoxy groups -OCH3 is 1. The van der Waals surface area contributed by atoms with Gasteiger partial charge in [-0.05, 0) is 30.5 Å². The monoisotopic (exact) mass is 299 g/mol. The molecule has 1 aliphatic carbocycles. The van der Waals surface area contributed by atoms with Crippen molar-refractivity contribution < 1.29 is 13.9 Å². The third-order valence-electron chi connectivity index (χ3n) is 3.79.